The van der Waals surface area contributed by atoms with Gasteiger partial charge in [-0.05, 0) is 42.3 Å². The molecular weight excluding hydrogens is 472 g/mol. The van der Waals surface area contributed by atoms with Gasteiger partial charge >= 0.3 is 0 Å². The van der Waals surface area contributed by atoms with Crippen molar-refractivity contribution in [3.05, 3.63) is 71.6 Å². The van der Waals surface area contributed by atoms with Crippen molar-refractivity contribution in [1.29, 1.82) is 0 Å². The van der Waals surface area contributed by atoms with E-state index in [4.69, 9.17) is 18.9 Å². The highest BCUT2D eigenvalue weighted by molar-refractivity contribution is 5.43. The molecule has 194 valence electrons. The van der Waals surface area contributed by atoms with Crippen molar-refractivity contribution in [3.63, 3.8) is 0 Å². The maximum absolute atomic E-state index is 13.5. The minimum atomic E-state index is -1.32. The van der Waals surface area contributed by atoms with Crippen molar-refractivity contribution in [3.8, 4) is 17.2 Å². The summed E-state index contributed by atoms with van der Waals surface area (Å²) in [5.41, 5.74) is 0.743. The highest BCUT2D eigenvalue weighted by atomic mass is 19.2. The van der Waals surface area contributed by atoms with E-state index in [0.29, 0.717) is 44.3 Å². The van der Waals surface area contributed by atoms with Gasteiger partial charge in [-0.3, -0.25) is 9.58 Å². The molecule has 4 rings (SSSR count). The fraction of sp³-hybridized carbons (Fsp3) is 0.423. The van der Waals surface area contributed by atoms with Crippen LogP contribution in [0.1, 0.15) is 11.1 Å². The van der Waals surface area contributed by atoms with E-state index in [1.807, 2.05) is 36.0 Å². The Balaban J connectivity index is 1.37. The molecule has 0 bridgehead atoms. The molecule has 0 amide bonds. The van der Waals surface area contributed by atoms with Crippen molar-refractivity contribution in [2.75, 3.05) is 46.6 Å². The molecule has 3 aromatic rings. The second-order valence-electron chi connectivity index (χ2n) is 8.97. The molecule has 1 N–H and O–H groups in total. The molecule has 0 radical (unpaired) electrons. The van der Waals surface area contributed by atoms with Crippen molar-refractivity contribution >= 4 is 0 Å². The average molecular weight is 504 g/mol. The Morgan fingerprint density at radius 3 is 2.72 bits per heavy atom. The number of nitrogens with zero attached hydrogens (tertiary/aromatic N) is 3. The van der Waals surface area contributed by atoms with Crippen molar-refractivity contribution in [2.45, 2.75) is 25.6 Å². The Morgan fingerprint density at radius 1 is 1.11 bits per heavy atom. The van der Waals surface area contributed by atoms with E-state index in [9.17, 15) is 13.9 Å². The Bertz CT molecular complexity index is 1160. The largest absolute Gasteiger partial charge is 0.493 e. The first-order valence-electron chi connectivity index (χ1n) is 11.7. The first kappa shape index (κ1) is 25.9. The summed E-state index contributed by atoms with van der Waals surface area (Å²) in [6.07, 6.45) is 3.76. The standard InChI is InChI=1S/C26H31F2N3O5/c1-19-13-29-31(14-19)8-10-35-25-11-20(3-6-24(25)33-2)15-30-7-9-34-17-26(32,16-30)18-36-21-4-5-22(27)23(28)12-21/h3-6,11-14,32H,7-10,15-18H2,1-2H3. The zero-order valence-electron chi connectivity index (χ0n) is 20.5. The van der Waals surface area contributed by atoms with Gasteiger partial charge < -0.3 is 24.1 Å². The van der Waals surface area contributed by atoms with E-state index >= 15 is 0 Å². The molecule has 8 nitrogen and oxygen atoms in total. The second kappa shape index (κ2) is 11.7. The van der Waals surface area contributed by atoms with Gasteiger partial charge in [0.2, 0.25) is 0 Å². The number of halogens is 2. The third kappa shape index (κ3) is 6.93. The molecule has 1 saturated heterocycles. The van der Waals surface area contributed by atoms with E-state index in [2.05, 4.69) is 10.00 Å². The van der Waals surface area contributed by atoms with Crippen LogP contribution in [0.15, 0.2) is 48.8 Å². The molecule has 1 atom stereocenters. The molecule has 1 aliphatic heterocycles. The Labute approximate surface area is 209 Å². The number of β-amino-alcohol motifs (C(OH)–C–C–N with tert-alkyl or cyclic N) is 1. The van der Waals surface area contributed by atoms with Gasteiger partial charge in [0.05, 0.1) is 33.1 Å². The molecule has 1 aliphatic rings. The number of rotatable bonds is 10. The van der Waals surface area contributed by atoms with E-state index < -0.39 is 17.2 Å². The van der Waals surface area contributed by atoms with Gasteiger partial charge in [0.1, 0.15) is 24.6 Å². The van der Waals surface area contributed by atoms with Gasteiger partial charge in [0.25, 0.3) is 0 Å². The highest BCUT2D eigenvalue weighted by Gasteiger charge is 2.33. The molecule has 1 aromatic heterocycles. The number of ether oxygens (including phenoxy) is 4. The van der Waals surface area contributed by atoms with Crippen molar-refractivity contribution < 1.29 is 32.8 Å². The van der Waals surface area contributed by atoms with E-state index in [1.54, 1.807) is 13.3 Å². The lowest BCUT2D eigenvalue weighted by Gasteiger charge is -2.30. The van der Waals surface area contributed by atoms with Crippen LogP contribution >= 0.6 is 0 Å². The molecule has 0 spiro atoms. The van der Waals surface area contributed by atoms with E-state index in [0.717, 1.165) is 23.3 Å². The highest BCUT2D eigenvalue weighted by Crippen LogP contribution is 2.29. The Morgan fingerprint density at radius 2 is 1.97 bits per heavy atom. The summed E-state index contributed by atoms with van der Waals surface area (Å²) in [4.78, 5) is 2.06. The molecule has 36 heavy (non-hydrogen) atoms. The van der Waals surface area contributed by atoms with Crippen LogP contribution in [-0.4, -0.2) is 72.0 Å². The number of hydrogen-bond donors (Lipinski definition) is 1. The molecule has 2 aromatic carbocycles. The fourth-order valence-electron chi connectivity index (χ4n) is 4.03. The second-order valence-corrected chi connectivity index (χ2v) is 8.97. The van der Waals surface area contributed by atoms with Gasteiger partial charge in [-0.1, -0.05) is 6.07 Å². The quantitative estimate of drug-likeness (QED) is 0.455. The lowest BCUT2D eigenvalue weighted by molar-refractivity contribution is -0.0647. The number of aryl methyl sites for hydroxylation is 1. The third-order valence-corrected chi connectivity index (χ3v) is 5.81. The molecule has 2 heterocycles. The van der Waals surface area contributed by atoms with Crippen molar-refractivity contribution in [2.24, 2.45) is 0 Å². The van der Waals surface area contributed by atoms with Crippen LogP contribution in [0.3, 0.4) is 0 Å². The molecule has 1 unspecified atom stereocenters. The predicted octanol–water partition coefficient (Wildman–Crippen LogP) is 3.20. The number of benzene rings is 2. The van der Waals surface area contributed by atoms with Crippen LogP contribution in [0.5, 0.6) is 17.2 Å². The van der Waals surface area contributed by atoms with Gasteiger partial charge in [-0.25, -0.2) is 8.78 Å². The molecule has 10 heteroatoms. The number of aromatic nitrogens is 2. The van der Waals surface area contributed by atoms with Gasteiger partial charge in [-0.15, -0.1) is 0 Å². The summed E-state index contributed by atoms with van der Waals surface area (Å²) < 4.78 is 51.1. The average Bonchev–Trinajstić information content (AvgIpc) is 3.18. The lowest BCUT2D eigenvalue weighted by atomic mass is 10.1. The van der Waals surface area contributed by atoms with Crippen molar-refractivity contribution in [1.82, 2.24) is 14.7 Å². The van der Waals surface area contributed by atoms with Gasteiger partial charge in [0.15, 0.2) is 23.1 Å². The Kier molecular flexibility index (Phi) is 8.40. The zero-order chi connectivity index (χ0) is 25.5. The van der Waals surface area contributed by atoms with Crippen LogP contribution in [0.2, 0.25) is 0 Å². The molecule has 1 fully saturated rings. The summed E-state index contributed by atoms with van der Waals surface area (Å²) in [6.45, 7) is 4.82. The maximum Gasteiger partial charge on any atom is 0.162 e. The van der Waals surface area contributed by atoms with Crippen LogP contribution in [0, 0.1) is 18.6 Å². The SMILES string of the molecule is COc1ccc(CN2CCOCC(O)(COc3ccc(F)c(F)c3)C2)cc1OCCn1cc(C)cn1. The third-order valence-electron chi connectivity index (χ3n) is 5.81. The predicted molar refractivity (Wildman–Crippen MR) is 128 cm³/mol. The minimum Gasteiger partial charge on any atom is -0.493 e. The number of aliphatic hydroxyl groups is 1. The first-order valence-corrected chi connectivity index (χ1v) is 11.7. The number of methoxy groups -OCH3 is 1. The summed E-state index contributed by atoms with van der Waals surface area (Å²) in [7, 11) is 1.60. The number of hydrogen-bond acceptors (Lipinski definition) is 7. The zero-order valence-corrected chi connectivity index (χ0v) is 20.5. The normalized spacial score (nSPS) is 18.6. The molecule has 0 aliphatic carbocycles. The Hall–Kier alpha value is -3.21. The van der Waals surface area contributed by atoms with Crippen LogP contribution < -0.4 is 14.2 Å². The first-order chi connectivity index (χ1) is 17.3. The van der Waals surface area contributed by atoms with Crippen LogP contribution in [-0.2, 0) is 17.8 Å². The maximum atomic E-state index is 13.5. The van der Waals surface area contributed by atoms with Crippen LogP contribution in [0.4, 0.5) is 8.78 Å². The lowest BCUT2D eigenvalue weighted by Crippen LogP contribution is -2.48. The molecular formula is C26H31F2N3O5. The summed E-state index contributed by atoms with van der Waals surface area (Å²) in [5.74, 6) is -0.562. The summed E-state index contributed by atoms with van der Waals surface area (Å²) >= 11 is 0. The topological polar surface area (TPSA) is 78.2 Å². The van der Waals surface area contributed by atoms with E-state index in [-0.39, 0.29) is 25.5 Å². The molecule has 0 saturated carbocycles. The van der Waals surface area contributed by atoms with E-state index in [1.165, 1.54) is 6.07 Å². The fourth-order valence-corrected chi connectivity index (χ4v) is 4.03. The summed E-state index contributed by atoms with van der Waals surface area (Å²) in [6, 6.07) is 9.00. The monoisotopic (exact) mass is 503 g/mol. The smallest absolute Gasteiger partial charge is 0.162 e. The van der Waals surface area contributed by atoms with Gasteiger partial charge in [0, 0.05) is 31.9 Å². The minimum absolute atomic E-state index is 0.0665. The van der Waals surface area contributed by atoms with Crippen LogP contribution in [0.25, 0.3) is 0 Å². The summed E-state index contributed by atoms with van der Waals surface area (Å²) in [5, 5.41) is 15.4. The van der Waals surface area contributed by atoms with Gasteiger partial charge in [-0.2, -0.15) is 5.10 Å².